The summed E-state index contributed by atoms with van der Waals surface area (Å²) in [6.45, 7) is 0.935. The lowest BCUT2D eigenvalue weighted by Crippen LogP contribution is -1.99. The third-order valence-corrected chi connectivity index (χ3v) is 4.02. The lowest BCUT2D eigenvalue weighted by Gasteiger charge is -2.15. The summed E-state index contributed by atoms with van der Waals surface area (Å²) in [6.07, 6.45) is 0. The van der Waals surface area contributed by atoms with E-state index in [4.69, 9.17) is 9.05 Å². The number of hydrogen-bond donors (Lipinski definition) is 0. The van der Waals surface area contributed by atoms with Crippen LogP contribution in [0.5, 0.6) is 0 Å². The highest BCUT2D eigenvalue weighted by Gasteiger charge is 2.19. The normalized spacial score (nSPS) is 11.6. The Labute approximate surface area is 122 Å². The average Bonchev–Trinajstić information content (AvgIpc) is 2.46. The van der Waals surface area contributed by atoms with E-state index in [1.165, 1.54) is 30.9 Å². The largest absolute Gasteiger partial charge is 0.328 e. The highest BCUT2D eigenvalue weighted by atomic mass is 31.2. The van der Waals surface area contributed by atoms with Gasteiger partial charge in [0.15, 0.2) is 0 Å². The molecule has 0 aromatic heterocycles. The minimum Gasteiger partial charge on any atom is -0.304 e. The van der Waals surface area contributed by atoms with Crippen molar-refractivity contribution in [2.24, 2.45) is 0 Å². The Kier molecular flexibility index (Phi) is 5.23. The second-order valence-electron chi connectivity index (χ2n) is 4.50. The monoisotopic (exact) mass is 312 g/mol. The maximum Gasteiger partial charge on any atom is 0.328 e. The van der Waals surface area contributed by atoms with Crippen LogP contribution in [0, 0.1) is 11.6 Å². The average molecular weight is 312 g/mol. The van der Waals surface area contributed by atoms with Crippen LogP contribution in [0.3, 0.4) is 0 Å². The molecule has 0 N–H and O–H groups in total. The molecule has 0 saturated heterocycles. The highest BCUT2D eigenvalue weighted by molar-refractivity contribution is 7.52. The fourth-order valence-corrected chi connectivity index (χ4v) is 2.46. The van der Waals surface area contributed by atoms with Crippen molar-refractivity contribution in [3.63, 3.8) is 0 Å². The third-order valence-electron chi connectivity index (χ3n) is 2.82. The number of halogens is 2. The van der Waals surface area contributed by atoms with Crippen LogP contribution in [0.25, 0.3) is 0 Å². The molecule has 0 bridgehead atoms. The molecular formula is C15H15F2O3P. The maximum absolute atomic E-state index is 13.4. The van der Waals surface area contributed by atoms with Crippen LogP contribution < -0.4 is 0 Å². The Morgan fingerprint density at radius 2 is 1.24 bits per heavy atom. The van der Waals surface area contributed by atoms with Crippen molar-refractivity contribution in [1.82, 2.24) is 0 Å². The fraction of sp³-hybridized carbons (Fsp3) is 0.200. The van der Waals surface area contributed by atoms with Gasteiger partial charge in [-0.3, -0.25) is 4.57 Å². The Morgan fingerprint density at radius 3 is 1.62 bits per heavy atom. The van der Waals surface area contributed by atoms with E-state index < -0.39 is 19.2 Å². The summed E-state index contributed by atoms with van der Waals surface area (Å²) < 4.78 is 49.2. The second kappa shape index (κ2) is 6.94. The molecule has 21 heavy (non-hydrogen) atoms. The molecule has 3 nitrogen and oxygen atoms in total. The van der Waals surface area contributed by atoms with Crippen molar-refractivity contribution in [3.8, 4) is 0 Å². The molecule has 0 aliphatic heterocycles. The molecule has 0 heterocycles. The van der Waals surface area contributed by atoms with Crippen molar-refractivity contribution in [2.75, 3.05) is 6.66 Å². The Morgan fingerprint density at radius 1 is 0.857 bits per heavy atom. The topological polar surface area (TPSA) is 35.5 Å². The first-order chi connectivity index (χ1) is 9.98. The van der Waals surface area contributed by atoms with Crippen LogP contribution in [0.4, 0.5) is 8.78 Å². The van der Waals surface area contributed by atoms with Gasteiger partial charge in [0.2, 0.25) is 0 Å². The number of benzene rings is 2. The fourth-order valence-electron chi connectivity index (χ4n) is 1.64. The molecule has 0 aliphatic carbocycles. The molecule has 112 valence electrons. The summed E-state index contributed by atoms with van der Waals surface area (Å²) in [5.74, 6) is -0.877. The summed E-state index contributed by atoms with van der Waals surface area (Å²) in [5, 5.41) is 0. The highest BCUT2D eigenvalue weighted by Crippen LogP contribution is 2.45. The van der Waals surface area contributed by atoms with Crippen molar-refractivity contribution in [3.05, 3.63) is 71.3 Å². The van der Waals surface area contributed by atoms with Gasteiger partial charge < -0.3 is 9.05 Å². The molecule has 0 fully saturated rings. The number of hydrogen-bond acceptors (Lipinski definition) is 3. The SMILES string of the molecule is CP(=O)(OCc1ccccc1F)OCc1ccccc1F. The lowest BCUT2D eigenvalue weighted by molar-refractivity contribution is 0.192. The first-order valence-corrected chi connectivity index (χ1v) is 8.30. The van der Waals surface area contributed by atoms with Crippen LogP contribution in [0.15, 0.2) is 48.5 Å². The van der Waals surface area contributed by atoms with E-state index in [9.17, 15) is 13.3 Å². The van der Waals surface area contributed by atoms with Gasteiger partial charge in [0, 0.05) is 17.8 Å². The summed E-state index contributed by atoms with van der Waals surface area (Å²) >= 11 is 0. The third kappa shape index (κ3) is 4.74. The lowest BCUT2D eigenvalue weighted by atomic mass is 10.2. The molecular weight excluding hydrogens is 297 g/mol. The van der Waals surface area contributed by atoms with Crippen molar-refractivity contribution in [1.29, 1.82) is 0 Å². The van der Waals surface area contributed by atoms with Crippen LogP contribution in [-0.4, -0.2) is 6.66 Å². The zero-order chi connectivity index (χ0) is 15.3. The van der Waals surface area contributed by atoms with Crippen molar-refractivity contribution in [2.45, 2.75) is 13.2 Å². The van der Waals surface area contributed by atoms with Gasteiger partial charge in [-0.1, -0.05) is 36.4 Å². The van der Waals surface area contributed by atoms with Gasteiger partial charge in [-0.25, -0.2) is 8.78 Å². The summed E-state index contributed by atoms with van der Waals surface area (Å²) in [6, 6.07) is 12.1. The van der Waals surface area contributed by atoms with E-state index in [0.29, 0.717) is 0 Å². The van der Waals surface area contributed by atoms with Crippen LogP contribution in [0.1, 0.15) is 11.1 Å². The predicted octanol–water partition coefficient (Wildman–Crippen LogP) is 4.52. The quantitative estimate of drug-likeness (QED) is 0.736. The van der Waals surface area contributed by atoms with Gasteiger partial charge in [0.05, 0.1) is 13.2 Å². The summed E-state index contributed by atoms with van der Waals surface area (Å²) in [7, 11) is -3.40. The van der Waals surface area contributed by atoms with Crippen molar-refractivity contribution >= 4 is 7.60 Å². The zero-order valence-corrected chi connectivity index (χ0v) is 12.4. The molecule has 0 aliphatic rings. The Balaban J connectivity index is 1.92. The first kappa shape index (κ1) is 15.8. The van der Waals surface area contributed by atoms with Gasteiger partial charge in [-0.15, -0.1) is 0 Å². The molecule has 0 saturated carbocycles. The van der Waals surface area contributed by atoms with E-state index >= 15 is 0 Å². The molecule has 2 rings (SSSR count). The van der Waals surface area contributed by atoms with Crippen LogP contribution in [-0.2, 0) is 26.8 Å². The van der Waals surface area contributed by atoms with E-state index in [1.807, 2.05) is 0 Å². The Hall–Kier alpha value is -1.55. The molecule has 2 aromatic carbocycles. The molecule has 0 radical (unpaired) electrons. The van der Waals surface area contributed by atoms with Crippen molar-refractivity contribution < 1.29 is 22.4 Å². The molecule has 2 aromatic rings. The minimum atomic E-state index is -3.40. The number of rotatable bonds is 6. The molecule has 0 amide bonds. The maximum atomic E-state index is 13.4. The molecule has 0 spiro atoms. The Bertz CT molecular complexity index is 607. The van der Waals surface area contributed by atoms with Gasteiger partial charge in [-0.05, 0) is 12.1 Å². The van der Waals surface area contributed by atoms with Gasteiger partial charge in [0.1, 0.15) is 11.6 Å². The van der Waals surface area contributed by atoms with E-state index in [1.54, 1.807) is 24.3 Å². The summed E-state index contributed by atoms with van der Waals surface area (Å²) in [5.41, 5.74) is 0.572. The van der Waals surface area contributed by atoms with E-state index in [0.717, 1.165) is 0 Å². The van der Waals surface area contributed by atoms with Gasteiger partial charge in [0.25, 0.3) is 0 Å². The standard InChI is InChI=1S/C15H15F2O3P/c1-21(18,19-10-12-6-2-4-8-14(12)16)20-11-13-7-3-5-9-15(13)17/h2-9H,10-11H2,1H3. The van der Waals surface area contributed by atoms with Crippen LogP contribution >= 0.6 is 7.60 Å². The van der Waals surface area contributed by atoms with Crippen LogP contribution in [0.2, 0.25) is 0 Å². The van der Waals surface area contributed by atoms with Gasteiger partial charge >= 0.3 is 7.60 Å². The first-order valence-electron chi connectivity index (χ1n) is 6.31. The molecule has 6 heteroatoms. The van der Waals surface area contributed by atoms with E-state index in [2.05, 4.69) is 0 Å². The van der Waals surface area contributed by atoms with Gasteiger partial charge in [-0.2, -0.15) is 0 Å². The summed E-state index contributed by atoms with van der Waals surface area (Å²) in [4.78, 5) is 0. The molecule has 0 unspecified atom stereocenters. The second-order valence-corrected chi connectivity index (χ2v) is 6.56. The predicted molar refractivity (Wildman–Crippen MR) is 75.9 cm³/mol. The smallest absolute Gasteiger partial charge is 0.304 e. The minimum absolute atomic E-state index is 0.169. The van der Waals surface area contributed by atoms with E-state index in [-0.39, 0.29) is 24.3 Å². The zero-order valence-electron chi connectivity index (χ0n) is 11.5. The molecule has 0 atom stereocenters.